The molecule has 1 N–H and O–H groups in total. The van der Waals surface area contributed by atoms with Crippen LogP contribution in [0.3, 0.4) is 0 Å². The highest BCUT2D eigenvalue weighted by atomic mass is 32.1. The molecule has 1 aliphatic heterocycles. The summed E-state index contributed by atoms with van der Waals surface area (Å²) in [5.41, 5.74) is 0.878. The monoisotopic (exact) mass is 308 g/mol. The van der Waals surface area contributed by atoms with Gasteiger partial charge in [-0.3, -0.25) is 0 Å². The van der Waals surface area contributed by atoms with E-state index in [1.54, 1.807) is 0 Å². The number of aromatic carboxylic acids is 1. The molecule has 5 heteroatoms. The van der Waals surface area contributed by atoms with Gasteiger partial charge in [-0.05, 0) is 38.8 Å². The smallest absolute Gasteiger partial charge is 0.347 e. The van der Waals surface area contributed by atoms with E-state index in [1.165, 1.54) is 56.5 Å². The van der Waals surface area contributed by atoms with Crippen molar-refractivity contribution in [3.8, 4) is 0 Å². The Bertz CT molecular complexity index is 488. The number of aromatic nitrogens is 1. The van der Waals surface area contributed by atoms with E-state index in [-0.39, 0.29) is 0 Å². The Balaban J connectivity index is 1.70. The SMILES string of the molecule is O=C(O)c1sc(CCN2CCCC2)nc1C1CCCCC1. The van der Waals surface area contributed by atoms with Crippen LogP contribution in [0.1, 0.15) is 71.2 Å². The molecule has 1 saturated heterocycles. The predicted octanol–water partition coefficient (Wildman–Crippen LogP) is 3.53. The van der Waals surface area contributed by atoms with Gasteiger partial charge < -0.3 is 10.0 Å². The summed E-state index contributed by atoms with van der Waals surface area (Å²) in [6.45, 7) is 3.40. The number of carboxylic acids is 1. The average molecular weight is 308 g/mol. The van der Waals surface area contributed by atoms with Gasteiger partial charge >= 0.3 is 5.97 Å². The van der Waals surface area contributed by atoms with E-state index < -0.39 is 5.97 Å². The molecular weight excluding hydrogens is 284 g/mol. The third kappa shape index (κ3) is 3.64. The van der Waals surface area contributed by atoms with Crippen LogP contribution in [0, 0.1) is 0 Å². The van der Waals surface area contributed by atoms with Crippen molar-refractivity contribution < 1.29 is 9.90 Å². The molecule has 1 saturated carbocycles. The third-order valence-corrected chi connectivity index (χ3v) is 5.84. The van der Waals surface area contributed by atoms with Crippen molar-refractivity contribution in [3.63, 3.8) is 0 Å². The molecule has 21 heavy (non-hydrogen) atoms. The topological polar surface area (TPSA) is 53.4 Å². The number of carboxylic acid groups (broad SMARTS) is 1. The zero-order valence-electron chi connectivity index (χ0n) is 12.5. The standard InChI is InChI=1S/C16H24N2O2S/c19-16(20)15-14(12-6-2-1-3-7-12)17-13(21-15)8-11-18-9-4-5-10-18/h12H,1-11H2,(H,19,20). The summed E-state index contributed by atoms with van der Waals surface area (Å²) < 4.78 is 0. The van der Waals surface area contributed by atoms with Crippen molar-refractivity contribution >= 4 is 17.3 Å². The second-order valence-corrected chi connectivity index (χ2v) is 7.34. The van der Waals surface area contributed by atoms with Crippen molar-refractivity contribution in [2.24, 2.45) is 0 Å². The third-order valence-electron chi connectivity index (χ3n) is 4.72. The molecular formula is C16H24N2O2S. The first kappa shape index (κ1) is 15.0. The summed E-state index contributed by atoms with van der Waals surface area (Å²) in [5.74, 6) is -0.415. The molecule has 2 aliphatic rings. The van der Waals surface area contributed by atoms with Crippen molar-refractivity contribution in [1.29, 1.82) is 0 Å². The molecule has 4 nitrogen and oxygen atoms in total. The lowest BCUT2D eigenvalue weighted by Gasteiger charge is -2.20. The second-order valence-electron chi connectivity index (χ2n) is 6.26. The van der Waals surface area contributed by atoms with Gasteiger partial charge in [0.15, 0.2) is 0 Å². The molecule has 0 spiro atoms. The number of hydrogen-bond donors (Lipinski definition) is 1. The first-order chi connectivity index (χ1) is 10.2. The highest BCUT2D eigenvalue weighted by molar-refractivity contribution is 7.13. The predicted molar refractivity (Wildman–Crippen MR) is 84.3 cm³/mol. The van der Waals surface area contributed by atoms with Gasteiger partial charge in [0.05, 0.1) is 10.7 Å². The van der Waals surface area contributed by atoms with E-state index in [4.69, 9.17) is 4.98 Å². The summed E-state index contributed by atoms with van der Waals surface area (Å²) >= 11 is 1.41. The Hall–Kier alpha value is -0.940. The Morgan fingerprint density at radius 3 is 2.57 bits per heavy atom. The molecule has 116 valence electrons. The van der Waals surface area contributed by atoms with E-state index in [2.05, 4.69) is 4.90 Å². The second kappa shape index (κ2) is 6.88. The van der Waals surface area contributed by atoms with Crippen LogP contribution >= 0.6 is 11.3 Å². The minimum Gasteiger partial charge on any atom is -0.477 e. The Kier molecular flexibility index (Phi) is 4.91. The molecule has 2 fully saturated rings. The molecule has 0 aromatic carbocycles. The van der Waals surface area contributed by atoms with E-state index in [9.17, 15) is 9.90 Å². The van der Waals surface area contributed by atoms with Crippen molar-refractivity contribution in [3.05, 3.63) is 15.6 Å². The van der Waals surface area contributed by atoms with Crippen LogP contribution in [0.25, 0.3) is 0 Å². The highest BCUT2D eigenvalue weighted by Crippen LogP contribution is 2.36. The van der Waals surface area contributed by atoms with E-state index in [1.807, 2.05) is 0 Å². The largest absolute Gasteiger partial charge is 0.477 e. The molecule has 0 amide bonds. The molecule has 0 unspecified atom stereocenters. The van der Waals surface area contributed by atoms with Gasteiger partial charge in [-0.25, -0.2) is 9.78 Å². The minimum atomic E-state index is -0.791. The maximum atomic E-state index is 11.5. The summed E-state index contributed by atoms with van der Waals surface area (Å²) in [6, 6.07) is 0. The van der Waals surface area contributed by atoms with Gasteiger partial charge in [-0.2, -0.15) is 0 Å². The Labute approximate surface area is 130 Å². The maximum Gasteiger partial charge on any atom is 0.347 e. The van der Waals surface area contributed by atoms with Crippen LogP contribution in [0.15, 0.2) is 0 Å². The normalized spacial score (nSPS) is 21.0. The molecule has 1 aromatic heterocycles. The van der Waals surface area contributed by atoms with E-state index >= 15 is 0 Å². The van der Waals surface area contributed by atoms with Crippen LogP contribution in [0.4, 0.5) is 0 Å². The molecule has 1 aromatic rings. The van der Waals surface area contributed by atoms with Crippen LogP contribution in [0.2, 0.25) is 0 Å². The number of thiazole rings is 1. The summed E-state index contributed by atoms with van der Waals surface area (Å²) in [5, 5.41) is 10.5. The number of carbonyl (C=O) groups is 1. The van der Waals surface area contributed by atoms with E-state index in [0.29, 0.717) is 10.8 Å². The molecule has 2 heterocycles. The van der Waals surface area contributed by atoms with Gasteiger partial charge in [0, 0.05) is 18.9 Å². The fourth-order valence-corrected chi connectivity index (χ4v) is 4.53. The number of rotatable bonds is 5. The Morgan fingerprint density at radius 2 is 1.90 bits per heavy atom. The summed E-state index contributed by atoms with van der Waals surface area (Å²) in [7, 11) is 0. The zero-order chi connectivity index (χ0) is 14.7. The highest BCUT2D eigenvalue weighted by Gasteiger charge is 2.26. The Morgan fingerprint density at radius 1 is 1.19 bits per heavy atom. The fourth-order valence-electron chi connectivity index (χ4n) is 3.55. The quantitative estimate of drug-likeness (QED) is 0.904. The van der Waals surface area contributed by atoms with Crippen molar-refractivity contribution in [2.45, 2.75) is 57.3 Å². The minimum absolute atomic E-state index is 0.377. The van der Waals surface area contributed by atoms with Crippen molar-refractivity contribution in [1.82, 2.24) is 9.88 Å². The van der Waals surface area contributed by atoms with Crippen LogP contribution in [0.5, 0.6) is 0 Å². The fraction of sp³-hybridized carbons (Fsp3) is 0.750. The van der Waals surface area contributed by atoms with Crippen LogP contribution in [-0.4, -0.2) is 40.6 Å². The molecule has 0 atom stereocenters. The summed E-state index contributed by atoms with van der Waals surface area (Å²) in [4.78, 5) is 19.2. The number of nitrogens with zero attached hydrogens (tertiary/aromatic N) is 2. The number of hydrogen-bond acceptors (Lipinski definition) is 4. The lowest BCUT2D eigenvalue weighted by atomic mass is 9.86. The van der Waals surface area contributed by atoms with Crippen molar-refractivity contribution in [2.75, 3.05) is 19.6 Å². The molecule has 0 radical (unpaired) electrons. The molecule has 1 aliphatic carbocycles. The summed E-state index contributed by atoms with van der Waals surface area (Å²) in [6.07, 6.45) is 9.42. The van der Waals surface area contributed by atoms with Gasteiger partial charge in [0.2, 0.25) is 0 Å². The number of likely N-dealkylation sites (tertiary alicyclic amines) is 1. The van der Waals surface area contributed by atoms with E-state index in [0.717, 1.165) is 36.5 Å². The average Bonchev–Trinajstić information content (AvgIpc) is 3.15. The van der Waals surface area contributed by atoms with Gasteiger partial charge in [0.1, 0.15) is 4.88 Å². The van der Waals surface area contributed by atoms with Gasteiger partial charge in [-0.15, -0.1) is 11.3 Å². The molecule has 3 rings (SSSR count). The van der Waals surface area contributed by atoms with Crippen LogP contribution < -0.4 is 0 Å². The molecule has 0 bridgehead atoms. The first-order valence-corrected chi connectivity index (χ1v) is 9.01. The van der Waals surface area contributed by atoms with Crippen LogP contribution in [-0.2, 0) is 6.42 Å². The lowest BCUT2D eigenvalue weighted by molar-refractivity contribution is 0.0700. The lowest BCUT2D eigenvalue weighted by Crippen LogP contribution is -2.21. The maximum absolute atomic E-state index is 11.5. The zero-order valence-corrected chi connectivity index (χ0v) is 13.3. The van der Waals surface area contributed by atoms with Gasteiger partial charge in [-0.1, -0.05) is 19.3 Å². The first-order valence-electron chi connectivity index (χ1n) is 8.19. The van der Waals surface area contributed by atoms with Gasteiger partial charge in [0.25, 0.3) is 0 Å².